The monoisotopic (exact) mass is 207 g/mol. The van der Waals surface area contributed by atoms with Crippen LogP contribution in [0, 0.1) is 5.92 Å². The van der Waals surface area contributed by atoms with E-state index in [0.29, 0.717) is 5.92 Å². The molecule has 0 spiro atoms. The molecule has 1 N–H and O–H groups in total. The molecule has 1 rings (SSSR count). The second kappa shape index (κ2) is 6.44. The lowest BCUT2D eigenvalue weighted by Gasteiger charge is -2.11. The van der Waals surface area contributed by atoms with E-state index in [1.165, 1.54) is 12.8 Å². The lowest BCUT2D eigenvalue weighted by molar-refractivity contribution is -0.117. The van der Waals surface area contributed by atoms with E-state index in [-0.39, 0.29) is 5.91 Å². The fourth-order valence-corrected chi connectivity index (χ4v) is 1.57. The van der Waals surface area contributed by atoms with E-state index in [1.54, 1.807) is 0 Å². The second-order valence-electron chi connectivity index (χ2n) is 4.19. The predicted molar refractivity (Wildman–Crippen MR) is 63.5 cm³/mol. The molecule has 1 atom stereocenters. The van der Waals surface area contributed by atoms with Gasteiger partial charge in [-0.1, -0.05) is 44.9 Å². The van der Waals surface area contributed by atoms with Crippen LogP contribution in [-0.4, -0.2) is 12.5 Å². The molecule has 0 aliphatic heterocycles. The highest BCUT2D eigenvalue weighted by Crippen LogP contribution is 2.15. The molecule has 0 bridgehead atoms. The van der Waals surface area contributed by atoms with Crippen molar-refractivity contribution in [3.05, 3.63) is 23.8 Å². The van der Waals surface area contributed by atoms with Gasteiger partial charge in [0.05, 0.1) is 0 Å². The van der Waals surface area contributed by atoms with E-state index < -0.39 is 0 Å². The number of allylic oxidation sites excluding steroid dienone is 2. The summed E-state index contributed by atoms with van der Waals surface area (Å²) in [5.74, 6) is 0.649. The molecule has 2 nitrogen and oxygen atoms in total. The molecule has 0 saturated heterocycles. The van der Waals surface area contributed by atoms with Crippen LogP contribution in [0.1, 0.15) is 39.5 Å². The molecule has 0 aromatic carbocycles. The van der Waals surface area contributed by atoms with Gasteiger partial charge in [0.15, 0.2) is 0 Å². The van der Waals surface area contributed by atoms with Gasteiger partial charge in [-0.15, -0.1) is 0 Å². The van der Waals surface area contributed by atoms with Crippen LogP contribution >= 0.6 is 0 Å². The first-order valence-electron chi connectivity index (χ1n) is 5.90. The first-order valence-corrected chi connectivity index (χ1v) is 5.90. The van der Waals surface area contributed by atoms with Gasteiger partial charge in [0.1, 0.15) is 0 Å². The van der Waals surface area contributed by atoms with Crippen LogP contribution in [0.3, 0.4) is 0 Å². The standard InChI is InChI=1S/C13H21NO/c1-3-4-5-10-14-13(15)12-8-6-11(2)7-9-12/h6,8-9,11H,3-5,7,10H2,1-2H3,(H,14,15). The number of amides is 1. The second-order valence-corrected chi connectivity index (χ2v) is 4.19. The minimum Gasteiger partial charge on any atom is -0.352 e. The van der Waals surface area contributed by atoms with Gasteiger partial charge in [0, 0.05) is 12.1 Å². The Kier molecular flexibility index (Phi) is 5.16. The van der Waals surface area contributed by atoms with Crippen molar-refractivity contribution >= 4 is 5.91 Å². The summed E-state index contributed by atoms with van der Waals surface area (Å²) in [5, 5.41) is 2.94. The maximum Gasteiger partial charge on any atom is 0.250 e. The quantitative estimate of drug-likeness (QED) is 0.690. The van der Waals surface area contributed by atoms with Crippen molar-refractivity contribution in [1.82, 2.24) is 5.32 Å². The zero-order valence-corrected chi connectivity index (χ0v) is 9.75. The number of carbonyl (C=O) groups is 1. The number of hydrogen-bond acceptors (Lipinski definition) is 1. The van der Waals surface area contributed by atoms with Crippen LogP contribution in [0.15, 0.2) is 23.8 Å². The molecule has 0 saturated carbocycles. The molecule has 0 radical (unpaired) electrons. The molecule has 0 aromatic heterocycles. The van der Waals surface area contributed by atoms with E-state index in [2.05, 4.69) is 25.2 Å². The molecule has 0 fully saturated rings. The van der Waals surface area contributed by atoms with Gasteiger partial charge in [-0.2, -0.15) is 0 Å². The topological polar surface area (TPSA) is 29.1 Å². The average molecular weight is 207 g/mol. The van der Waals surface area contributed by atoms with Crippen molar-refractivity contribution in [2.75, 3.05) is 6.54 Å². The molecule has 0 heterocycles. The Bertz CT molecular complexity index is 266. The van der Waals surface area contributed by atoms with Crippen LogP contribution in [0.5, 0.6) is 0 Å². The maximum absolute atomic E-state index is 11.6. The van der Waals surface area contributed by atoms with Gasteiger partial charge in [0.2, 0.25) is 0 Å². The number of hydrogen-bond donors (Lipinski definition) is 1. The zero-order chi connectivity index (χ0) is 11.1. The van der Waals surface area contributed by atoms with Crippen molar-refractivity contribution in [3.63, 3.8) is 0 Å². The Morgan fingerprint density at radius 1 is 1.53 bits per heavy atom. The maximum atomic E-state index is 11.6. The van der Waals surface area contributed by atoms with Crippen molar-refractivity contribution in [1.29, 1.82) is 0 Å². The normalized spacial score (nSPS) is 19.9. The Hall–Kier alpha value is -1.05. The van der Waals surface area contributed by atoms with Gasteiger partial charge >= 0.3 is 0 Å². The summed E-state index contributed by atoms with van der Waals surface area (Å²) in [6.07, 6.45) is 10.5. The molecule has 1 amide bonds. The first kappa shape index (κ1) is 12.0. The fourth-order valence-electron chi connectivity index (χ4n) is 1.57. The van der Waals surface area contributed by atoms with Gasteiger partial charge in [-0.05, 0) is 18.8 Å². The lowest BCUT2D eigenvalue weighted by atomic mass is 9.98. The molecule has 15 heavy (non-hydrogen) atoms. The van der Waals surface area contributed by atoms with E-state index >= 15 is 0 Å². The summed E-state index contributed by atoms with van der Waals surface area (Å²) in [4.78, 5) is 11.6. The first-order chi connectivity index (χ1) is 7.24. The van der Waals surface area contributed by atoms with Crippen LogP contribution in [-0.2, 0) is 4.79 Å². The van der Waals surface area contributed by atoms with Gasteiger partial charge in [-0.25, -0.2) is 0 Å². The summed E-state index contributed by atoms with van der Waals surface area (Å²) in [6.45, 7) is 5.12. The van der Waals surface area contributed by atoms with Crippen molar-refractivity contribution < 1.29 is 4.79 Å². The molecular formula is C13H21NO. The van der Waals surface area contributed by atoms with Crippen molar-refractivity contribution in [3.8, 4) is 0 Å². The van der Waals surface area contributed by atoms with Gasteiger partial charge in [0.25, 0.3) is 5.91 Å². The summed E-state index contributed by atoms with van der Waals surface area (Å²) in [7, 11) is 0. The molecule has 2 heteroatoms. The molecule has 1 unspecified atom stereocenters. The molecule has 1 aliphatic carbocycles. The predicted octanol–water partition coefficient (Wildman–Crippen LogP) is 2.82. The van der Waals surface area contributed by atoms with Crippen LogP contribution in [0.2, 0.25) is 0 Å². The SMILES string of the molecule is CCCCCNC(=O)C1=CCC(C)C=C1. The smallest absolute Gasteiger partial charge is 0.250 e. The van der Waals surface area contributed by atoms with Crippen molar-refractivity contribution in [2.24, 2.45) is 5.92 Å². The van der Waals surface area contributed by atoms with E-state index in [1.807, 2.05) is 12.2 Å². The molecule has 1 aliphatic rings. The van der Waals surface area contributed by atoms with Crippen LogP contribution in [0.4, 0.5) is 0 Å². The van der Waals surface area contributed by atoms with Gasteiger partial charge < -0.3 is 5.32 Å². The van der Waals surface area contributed by atoms with Crippen LogP contribution < -0.4 is 5.32 Å². The van der Waals surface area contributed by atoms with E-state index in [9.17, 15) is 4.79 Å². The average Bonchev–Trinajstić information content (AvgIpc) is 2.25. The highest BCUT2D eigenvalue weighted by Gasteiger charge is 2.09. The Labute approximate surface area is 92.4 Å². The number of rotatable bonds is 5. The van der Waals surface area contributed by atoms with Gasteiger partial charge in [-0.3, -0.25) is 4.79 Å². The van der Waals surface area contributed by atoms with Crippen LogP contribution in [0.25, 0.3) is 0 Å². The third kappa shape index (κ3) is 4.32. The third-order valence-electron chi connectivity index (χ3n) is 2.64. The highest BCUT2D eigenvalue weighted by atomic mass is 16.1. The zero-order valence-electron chi connectivity index (χ0n) is 9.75. The minimum absolute atomic E-state index is 0.0780. The number of unbranched alkanes of at least 4 members (excludes halogenated alkanes) is 2. The number of nitrogens with one attached hydrogen (secondary N) is 1. The minimum atomic E-state index is 0.0780. The molecular weight excluding hydrogens is 186 g/mol. The largest absolute Gasteiger partial charge is 0.352 e. The summed E-state index contributed by atoms with van der Waals surface area (Å²) >= 11 is 0. The Morgan fingerprint density at radius 3 is 2.93 bits per heavy atom. The van der Waals surface area contributed by atoms with E-state index in [0.717, 1.165) is 25.0 Å². The summed E-state index contributed by atoms with van der Waals surface area (Å²) in [5.41, 5.74) is 0.824. The lowest BCUT2D eigenvalue weighted by Crippen LogP contribution is -2.26. The summed E-state index contributed by atoms with van der Waals surface area (Å²) < 4.78 is 0. The van der Waals surface area contributed by atoms with Crippen molar-refractivity contribution in [2.45, 2.75) is 39.5 Å². The third-order valence-corrected chi connectivity index (χ3v) is 2.64. The summed E-state index contributed by atoms with van der Waals surface area (Å²) in [6, 6.07) is 0. The molecule has 0 aromatic rings. The Balaban J connectivity index is 2.26. The van der Waals surface area contributed by atoms with E-state index in [4.69, 9.17) is 0 Å². The Morgan fingerprint density at radius 2 is 2.33 bits per heavy atom. The molecule has 84 valence electrons. The fraction of sp³-hybridized carbons (Fsp3) is 0.615. The number of carbonyl (C=O) groups excluding carboxylic acids is 1. The highest BCUT2D eigenvalue weighted by molar-refractivity contribution is 5.96.